The van der Waals surface area contributed by atoms with Gasteiger partial charge in [0, 0.05) is 0 Å². The van der Waals surface area contributed by atoms with Gasteiger partial charge < -0.3 is 10.1 Å². The Morgan fingerprint density at radius 1 is 1.17 bits per heavy atom. The number of nitrogens with one attached hydrogen (secondary N) is 1. The van der Waals surface area contributed by atoms with Gasteiger partial charge in [-0.05, 0) is 24.3 Å². The molecule has 1 aliphatic heterocycles. The van der Waals surface area contributed by atoms with Crippen LogP contribution in [0, 0.1) is 0 Å². The van der Waals surface area contributed by atoms with E-state index in [0.717, 1.165) is 0 Å². The summed E-state index contributed by atoms with van der Waals surface area (Å²) < 4.78 is 5.44. The highest BCUT2D eigenvalue weighted by Gasteiger charge is 2.26. The Morgan fingerprint density at radius 3 is 2.78 bits per heavy atom. The van der Waals surface area contributed by atoms with Gasteiger partial charge in [0.25, 0.3) is 5.91 Å². The number of rotatable bonds is 3. The predicted octanol–water partition coefficient (Wildman–Crippen LogP) is 3.36. The van der Waals surface area contributed by atoms with E-state index in [2.05, 4.69) is 5.32 Å². The van der Waals surface area contributed by atoms with Gasteiger partial charge in [-0.2, -0.15) is 0 Å². The third-order valence-electron chi connectivity index (χ3n) is 3.34. The first-order chi connectivity index (χ1) is 11.1. The van der Waals surface area contributed by atoms with E-state index in [1.807, 2.05) is 0 Å². The molecule has 1 N–H and O–H groups in total. The Hall–Kier alpha value is -2.24. The zero-order chi connectivity index (χ0) is 16.4. The van der Waals surface area contributed by atoms with E-state index >= 15 is 0 Å². The molecule has 7 heteroatoms. The van der Waals surface area contributed by atoms with E-state index in [-0.39, 0.29) is 30.0 Å². The molecule has 2 amide bonds. The van der Waals surface area contributed by atoms with Crippen LogP contribution in [0.2, 0.25) is 10.0 Å². The minimum absolute atomic E-state index is 0.0531. The molecule has 3 rings (SSSR count). The highest BCUT2D eigenvalue weighted by Crippen LogP contribution is 2.32. The Kier molecular flexibility index (Phi) is 4.41. The molecule has 2 aromatic rings. The van der Waals surface area contributed by atoms with E-state index < -0.39 is 0 Å². The molecule has 0 atom stereocenters. The Morgan fingerprint density at radius 2 is 1.96 bits per heavy atom. The Bertz CT molecular complexity index is 780. The number of nitrogens with zero attached hydrogens (tertiary/aromatic N) is 1. The molecule has 0 spiro atoms. The number of carbonyl (C=O) groups excluding carboxylic acids is 2. The lowest BCUT2D eigenvalue weighted by molar-refractivity contribution is -0.123. The Labute approximate surface area is 142 Å². The predicted molar refractivity (Wildman–Crippen MR) is 89.4 cm³/mol. The molecular weight excluding hydrogens is 339 g/mol. The molecule has 0 aromatic heterocycles. The minimum atomic E-state index is -0.344. The molecule has 0 saturated heterocycles. The van der Waals surface area contributed by atoms with E-state index in [4.69, 9.17) is 27.9 Å². The maximum absolute atomic E-state index is 12.4. The van der Waals surface area contributed by atoms with E-state index in [0.29, 0.717) is 22.1 Å². The maximum atomic E-state index is 12.4. The summed E-state index contributed by atoms with van der Waals surface area (Å²) >= 11 is 11.9. The number of para-hydroxylation sites is 2. The van der Waals surface area contributed by atoms with Crippen LogP contribution in [-0.4, -0.2) is 25.0 Å². The van der Waals surface area contributed by atoms with Gasteiger partial charge in [0.2, 0.25) is 5.91 Å². The lowest BCUT2D eigenvalue weighted by atomic mass is 10.2. The molecule has 118 valence electrons. The largest absolute Gasteiger partial charge is 0.482 e. The van der Waals surface area contributed by atoms with Crippen LogP contribution >= 0.6 is 23.2 Å². The van der Waals surface area contributed by atoms with Crippen molar-refractivity contribution in [3.8, 4) is 5.75 Å². The Balaban J connectivity index is 1.76. The molecule has 1 heterocycles. The third-order valence-corrected chi connectivity index (χ3v) is 4.14. The van der Waals surface area contributed by atoms with Crippen molar-refractivity contribution in [1.82, 2.24) is 0 Å². The smallest absolute Gasteiger partial charge is 0.265 e. The summed E-state index contributed by atoms with van der Waals surface area (Å²) in [7, 11) is 0. The fourth-order valence-corrected chi connectivity index (χ4v) is 2.62. The highest BCUT2D eigenvalue weighted by molar-refractivity contribution is 6.42. The fraction of sp³-hybridized carbons (Fsp3) is 0.125. The molecule has 1 aliphatic rings. The summed E-state index contributed by atoms with van der Waals surface area (Å²) in [6.07, 6.45) is 0. The van der Waals surface area contributed by atoms with Crippen molar-refractivity contribution in [2.75, 3.05) is 23.4 Å². The van der Waals surface area contributed by atoms with Crippen LogP contribution in [0.25, 0.3) is 0 Å². The van der Waals surface area contributed by atoms with Crippen molar-refractivity contribution in [3.63, 3.8) is 0 Å². The maximum Gasteiger partial charge on any atom is 0.265 e. The number of anilines is 2. The fourth-order valence-electron chi connectivity index (χ4n) is 2.27. The summed E-state index contributed by atoms with van der Waals surface area (Å²) in [5.41, 5.74) is 1.23. The van der Waals surface area contributed by atoms with Crippen LogP contribution in [0.4, 0.5) is 11.4 Å². The van der Waals surface area contributed by atoms with Crippen molar-refractivity contribution < 1.29 is 14.3 Å². The van der Waals surface area contributed by atoms with E-state index in [9.17, 15) is 9.59 Å². The molecule has 23 heavy (non-hydrogen) atoms. The van der Waals surface area contributed by atoms with Gasteiger partial charge in [-0.25, -0.2) is 0 Å². The molecular formula is C16H12Cl2N2O3. The van der Waals surface area contributed by atoms with E-state index in [1.165, 1.54) is 4.90 Å². The summed E-state index contributed by atoms with van der Waals surface area (Å²) in [6, 6.07) is 12.0. The number of benzene rings is 2. The van der Waals surface area contributed by atoms with Gasteiger partial charge in [-0.15, -0.1) is 0 Å². The van der Waals surface area contributed by atoms with Gasteiger partial charge in [0.05, 0.1) is 16.4 Å². The van der Waals surface area contributed by atoms with Crippen LogP contribution in [0.3, 0.4) is 0 Å². The van der Waals surface area contributed by atoms with Crippen molar-refractivity contribution in [1.29, 1.82) is 0 Å². The SMILES string of the molecule is O=C1CN(C(=O)COc2cccc(Cl)c2Cl)c2ccccc2N1. The molecule has 0 saturated carbocycles. The molecule has 0 unspecified atom stereocenters. The molecule has 0 bridgehead atoms. The van der Waals surface area contributed by atoms with Crippen molar-refractivity contribution in [2.24, 2.45) is 0 Å². The van der Waals surface area contributed by atoms with Gasteiger partial charge in [0.15, 0.2) is 6.61 Å². The average Bonchev–Trinajstić information content (AvgIpc) is 2.55. The third kappa shape index (κ3) is 3.25. The highest BCUT2D eigenvalue weighted by atomic mass is 35.5. The number of fused-ring (bicyclic) bond motifs is 1. The number of amides is 2. The second kappa shape index (κ2) is 6.48. The monoisotopic (exact) mass is 350 g/mol. The lowest BCUT2D eigenvalue weighted by Crippen LogP contribution is -2.44. The second-order valence-corrected chi connectivity index (χ2v) is 5.67. The normalized spacial score (nSPS) is 13.3. The summed E-state index contributed by atoms with van der Waals surface area (Å²) in [6.45, 7) is -0.301. The van der Waals surface area contributed by atoms with Crippen LogP contribution in [0.1, 0.15) is 0 Å². The molecule has 5 nitrogen and oxygen atoms in total. The summed E-state index contributed by atoms with van der Waals surface area (Å²) in [5.74, 6) is -0.275. The quantitative estimate of drug-likeness (QED) is 0.923. The van der Waals surface area contributed by atoms with Crippen molar-refractivity contribution in [2.45, 2.75) is 0 Å². The molecule has 0 aliphatic carbocycles. The number of carbonyl (C=O) groups is 2. The topological polar surface area (TPSA) is 58.6 Å². The van der Waals surface area contributed by atoms with Crippen molar-refractivity contribution >= 4 is 46.4 Å². The first-order valence-electron chi connectivity index (χ1n) is 6.82. The minimum Gasteiger partial charge on any atom is -0.482 e. The van der Waals surface area contributed by atoms with E-state index in [1.54, 1.807) is 42.5 Å². The number of ether oxygens (including phenoxy) is 1. The van der Waals surface area contributed by atoms with Crippen LogP contribution < -0.4 is 15.0 Å². The van der Waals surface area contributed by atoms with Gasteiger partial charge in [-0.1, -0.05) is 41.4 Å². The number of hydrogen-bond acceptors (Lipinski definition) is 3. The summed E-state index contributed by atoms with van der Waals surface area (Å²) in [5, 5.41) is 3.32. The zero-order valence-corrected chi connectivity index (χ0v) is 13.4. The molecule has 2 aromatic carbocycles. The van der Waals surface area contributed by atoms with Crippen molar-refractivity contribution in [3.05, 3.63) is 52.5 Å². The van der Waals surface area contributed by atoms with Crippen LogP contribution in [0.15, 0.2) is 42.5 Å². The summed E-state index contributed by atoms with van der Waals surface area (Å²) in [4.78, 5) is 25.5. The standard InChI is InChI=1S/C16H12Cl2N2O3/c17-10-4-3-7-13(16(10)18)23-9-15(22)20-8-14(21)19-11-5-1-2-6-12(11)20/h1-7H,8-9H2,(H,19,21). The molecule has 0 radical (unpaired) electrons. The second-order valence-electron chi connectivity index (χ2n) is 4.89. The van der Waals surface area contributed by atoms with Gasteiger partial charge >= 0.3 is 0 Å². The van der Waals surface area contributed by atoms with Crippen LogP contribution in [-0.2, 0) is 9.59 Å². The van der Waals surface area contributed by atoms with Crippen LogP contribution in [0.5, 0.6) is 5.75 Å². The molecule has 0 fully saturated rings. The zero-order valence-electron chi connectivity index (χ0n) is 11.9. The number of hydrogen-bond donors (Lipinski definition) is 1. The lowest BCUT2D eigenvalue weighted by Gasteiger charge is -2.29. The average molecular weight is 351 g/mol. The van der Waals surface area contributed by atoms with Gasteiger partial charge in [-0.3, -0.25) is 14.5 Å². The first-order valence-corrected chi connectivity index (χ1v) is 7.58. The van der Waals surface area contributed by atoms with Gasteiger partial charge in [0.1, 0.15) is 17.3 Å². The number of halogens is 2. The first kappa shape index (κ1) is 15.6.